The lowest BCUT2D eigenvalue weighted by molar-refractivity contribution is 0.0425. The van der Waals surface area contributed by atoms with Gasteiger partial charge in [-0.25, -0.2) is 4.98 Å². The molecule has 1 aromatic heterocycles. The molecular formula is C14H28N6. The molecule has 3 N–H and O–H groups in total. The summed E-state index contributed by atoms with van der Waals surface area (Å²) in [5.41, 5.74) is 3.16. The van der Waals surface area contributed by atoms with Gasteiger partial charge in [0, 0.05) is 25.0 Å². The second-order valence-corrected chi connectivity index (χ2v) is 6.40. The predicted octanol–water partition coefficient (Wildman–Crippen LogP) is 0.700. The minimum atomic E-state index is 0.104. The van der Waals surface area contributed by atoms with Gasteiger partial charge in [0.25, 0.3) is 0 Å². The van der Waals surface area contributed by atoms with Gasteiger partial charge in [-0.15, -0.1) is 0 Å². The maximum atomic E-state index is 5.89. The van der Waals surface area contributed by atoms with E-state index < -0.39 is 0 Å². The molecule has 1 atom stereocenters. The number of nitrogens with zero attached hydrogens (tertiary/aromatic N) is 4. The van der Waals surface area contributed by atoms with Crippen LogP contribution in [0.4, 0.5) is 0 Å². The van der Waals surface area contributed by atoms with Gasteiger partial charge in [0.15, 0.2) is 0 Å². The van der Waals surface area contributed by atoms with E-state index in [2.05, 4.69) is 41.4 Å². The Bertz CT molecular complexity index is 419. The van der Waals surface area contributed by atoms with Crippen molar-refractivity contribution in [1.29, 1.82) is 0 Å². The van der Waals surface area contributed by atoms with Crippen LogP contribution in [-0.4, -0.2) is 45.3 Å². The number of rotatable bonds is 5. The van der Waals surface area contributed by atoms with Gasteiger partial charge in [-0.2, -0.15) is 5.10 Å². The summed E-state index contributed by atoms with van der Waals surface area (Å²) >= 11 is 0. The second-order valence-electron chi connectivity index (χ2n) is 6.40. The van der Waals surface area contributed by atoms with Crippen molar-refractivity contribution < 1.29 is 0 Å². The molecule has 6 heteroatoms. The zero-order valence-electron chi connectivity index (χ0n) is 13.1. The Morgan fingerprint density at radius 2 is 2.15 bits per heavy atom. The minimum absolute atomic E-state index is 0.104. The number of hydrogen-bond acceptors (Lipinski definition) is 5. The first kappa shape index (κ1) is 15.4. The molecule has 1 aliphatic rings. The van der Waals surface area contributed by atoms with Gasteiger partial charge in [-0.1, -0.05) is 6.92 Å². The highest BCUT2D eigenvalue weighted by Crippen LogP contribution is 2.38. The molecule has 1 fully saturated rings. The van der Waals surface area contributed by atoms with E-state index in [1.165, 1.54) is 25.7 Å². The van der Waals surface area contributed by atoms with Gasteiger partial charge in [-0.05, 0) is 45.7 Å². The SMILES string of the molecule is CC1CCC(C(Cc2ncnn2C)NN)(N(C)C)CC1. The van der Waals surface area contributed by atoms with Crippen LogP contribution in [0.2, 0.25) is 0 Å². The number of nitrogens with one attached hydrogen (secondary N) is 1. The molecule has 0 amide bonds. The molecule has 1 aliphatic carbocycles. The maximum Gasteiger partial charge on any atom is 0.138 e. The van der Waals surface area contributed by atoms with Crippen LogP contribution in [0.15, 0.2) is 6.33 Å². The third-order valence-electron chi connectivity index (χ3n) is 5.07. The fourth-order valence-corrected chi connectivity index (χ4v) is 3.46. The van der Waals surface area contributed by atoms with Crippen LogP contribution < -0.4 is 11.3 Å². The van der Waals surface area contributed by atoms with Crippen molar-refractivity contribution in [3.05, 3.63) is 12.2 Å². The summed E-state index contributed by atoms with van der Waals surface area (Å²) in [7, 11) is 6.26. The summed E-state index contributed by atoms with van der Waals surface area (Å²) in [6, 6.07) is 0.188. The van der Waals surface area contributed by atoms with Crippen LogP contribution >= 0.6 is 0 Å². The molecule has 0 spiro atoms. The van der Waals surface area contributed by atoms with Gasteiger partial charge in [0.05, 0.1) is 0 Å². The lowest BCUT2D eigenvalue weighted by atomic mass is 9.71. The van der Waals surface area contributed by atoms with Gasteiger partial charge in [0.1, 0.15) is 12.2 Å². The average Bonchev–Trinajstić information content (AvgIpc) is 2.82. The molecule has 2 rings (SSSR count). The molecule has 1 unspecified atom stereocenters. The highest BCUT2D eigenvalue weighted by Gasteiger charge is 2.43. The largest absolute Gasteiger partial charge is 0.302 e. The lowest BCUT2D eigenvalue weighted by Gasteiger charge is -2.49. The Morgan fingerprint density at radius 3 is 2.60 bits per heavy atom. The van der Waals surface area contributed by atoms with Crippen LogP contribution in [-0.2, 0) is 13.5 Å². The van der Waals surface area contributed by atoms with Crippen molar-refractivity contribution in [3.8, 4) is 0 Å². The fourth-order valence-electron chi connectivity index (χ4n) is 3.46. The molecule has 0 saturated heterocycles. The van der Waals surface area contributed by atoms with Gasteiger partial charge in [-0.3, -0.25) is 16.0 Å². The van der Waals surface area contributed by atoms with E-state index in [9.17, 15) is 0 Å². The highest BCUT2D eigenvalue weighted by atomic mass is 15.3. The zero-order chi connectivity index (χ0) is 14.8. The molecule has 0 bridgehead atoms. The third-order valence-corrected chi connectivity index (χ3v) is 5.07. The number of aromatic nitrogens is 3. The molecule has 0 radical (unpaired) electrons. The van der Waals surface area contributed by atoms with Crippen molar-refractivity contribution in [3.63, 3.8) is 0 Å². The van der Waals surface area contributed by atoms with E-state index in [1.54, 1.807) is 6.33 Å². The first-order chi connectivity index (χ1) is 9.49. The number of hydrazine groups is 1. The molecule has 1 heterocycles. The number of aryl methyl sites for hydroxylation is 1. The summed E-state index contributed by atoms with van der Waals surface area (Å²) in [4.78, 5) is 6.69. The van der Waals surface area contributed by atoms with Crippen LogP contribution in [0.1, 0.15) is 38.4 Å². The van der Waals surface area contributed by atoms with Crippen molar-refractivity contribution in [2.75, 3.05) is 14.1 Å². The molecule has 114 valence electrons. The fraction of sp³-hybridized carbons (Fsp3) is 0.857. The first-order valence-corrected chi connectivity index (χ1v) is 7.46. The average molecular weight is 280 g/mol. The van der Waals surface area contributed by atoms with Crippen LogP contribution in [0.3, 0.4) is 0 Å². The second kappa shape index (κ2) is 6.20. The van der Waals surface area contributed by atoms with Crippen molar-refractivity contribution in [1.82, 2.24) is 25.1 Å². The van der Waals surface area contributed by atoms with Crippen molar-refractivity contribution >= 4 is 0 Å². The Balaban J connectivity index is 2.20. The van der Waals surface area contributed by atoms with Crippen molar-refractivity contribution in [2.24, 2.45) is 18.8 Å². The Morgan fingerprint density at radius 1 is 1.50 bits per heavy atom. The smallest absolute Gasteiger partial charge is 0.138 e. The Hall–Kier alpha value is -0.980. The quantitative estimate of drug-likeness (QED) is 0.613. The topological polar surface area (TPSA) is 72.0 Å². The normalized spacial score (nSPS) is 28.8. The number of nitrogens with two attached hydrogens (primary N) is 1. The van der Waals surface area contributed by atoms with Crippen LogP contribution in [0.5, 0.6) is 0 Å². The van der Waals surface area contributed by atoms with E-state index in [0.29, 0.717) is 0 Å². The summed E-state index contributed by atoms with van der Waals surface area (Å²) in [6.45, 7) is 2.34. The molecule has 6 nitrogen and oxygen atoms in total. The Labute approximate surface area is 121 Å². The van der Waals surface area contributed by atoms with Gasteiger partial charge < -0.3 is 4.90 Å². The highest BCUT2D eigenvalue weighted by molar-refractivity contribution is 5.04. The van der Waals surface area contributed by atoms with E-state index in [0.717, 1.165) is 18.2 Å². The Kier molecular flexibility index (Phi) is 4.78. The van der Waals surface area contributed by atoms with Gasteiger partial charge in [0.2, 0.25) is 0 Å². The van der Waals surface area contributed by atoms with E-state index in [1.807, 2.05) is 11.7 Å². The summed E-state index contributed by atoms with van der Waals surface area (Å²) in [5.74, 6) is 7.69. The third kappa shape index (κ3) is 2.87. The zero-order valence-corrected chi connectivity index (χ0v) is 13.1. The monoisotopic (exact) mass is 280 g/mol. The van der Waals surface area contributed by atoms with E-state index in [-0.39, 0.29) is 11.6 Å². The molecule has 1 aromatic rings. The summed E-state index contributed by atoms with van der Waals surface area (Å²) in [6.07, 6.45) is 7.28. The standard InChI is InChI=1S/C14H28N6/c1-11-5-7-14(8-6-11,19(2)3)12(18-15)9-13-16-10-17-20(13)4/h10-12,18H,5-9,15H2,1-4H3. The number of likely N-dealkylation sites (N-methyl/N-ethyl adjacent to an activating group) is 1. The van der Waals surface area contributed by atoms with Crippen molar-refractivity contribution in [2.45, 2.75) is 50.6 Å². The summed E-state index contributed by atoms with van der Waals surface area (Å²) < 4.78 is 1.83. The summed E-state index contributed by atoms with van der Waals surface area (Å²) in [5, 5.41) is 4.15. The van der Waals surface area contributed by atoms with E-state index in [4.69, 9.17) is 5.84 Å². The molecule has 1 saturated carbocycles. The van der Waals surface area contributed by atoms with E-state index >= 15 is 0 Å². The maximum absolute atomic E-state index is 5.89. The molecule has 0 aliphatic heterocycles. The molecular weight excluding hydrogens is 252 g/mol. The minimum Gasteiger partial charge on any atom is -0.302 e. The lowest BCUT2D eigenvalue weighted by Crippen LogP contribution is -2.63. The van der Waals surface area contributed by atoms with Gasteiger partial charge >= 0.3 is 0 Å². The molecule has 20 heavy (non-hydrogen) atoms. The van der Waals surface area contributed by atoms with Crippen LogP contribution in [0, 0.1) is 5.92 Å². The predicted molar refractivity (Wildman–Crippen MR) is 79.9 cm³/mol. The van der Waals surface area contributed by atoms with Crippen LogP contribution in [0.25, 0.3) is 0 Å². The number of hydrogen-bond donors (Lipinski definition) is 2. The first-order valence-electron chi connectivity index (χ1n) is 7.46. The molecule has 0 aromatic carbocycles.